The number of aromatic amines is 1. The van der Waals surface area contributed by atoms with E-state index >= 15 is 0 Å². The van der Waals surface area contributed by atoms with Crippen LogP contribution in [0.1, 0.15) is 42.5 Å². The highest BCUT2D eigenvalue weighted by Gasteiger charge is 2.15. The summed E-state index contributed by atoms with van der Waals surface area (Å²) in [5.74, 6) is 0.765. The summed E-state index contributed by atoms with van der Waals surface area (Å²) in [5, 5.41) is 3.59. The molecule has 0 saturated carbocycles. The number of benzene rings is 2. The zero-order chi connectivity index (χ0) is 19.0. The molecule has 2 aromatic carbocycles. The van der Waals surface area contributed by atoms with Crippen molar-refractivity contribution < 1.29 is 0 Å². The standard InChI is InChI=1S/C24H26N4/c1-3-10-19(11-4-1)12-7-8-17-25-22-16-9-15-21(20-13-5-2-6-14-20)28-24-23(22)26-18-27-24/h1-6,10-11,13-14,16,18,25H,7-9,12,15,17H2,(H,26,27)/b22-16-,28-21+. The third-order valence-corrected chi connectivity index (χ3v) is 5.02. The maximum atomic E-state index is 4.86. The lowest BCUT2D eigenvalue weighted by Gasteiger charge is -2.14. The first-order valence-electron chi connectivity index (χ1n) is 10.0. The molecule has 0 spiro atoms. The molecule has 0 atom stereocenters. The Hall–Kier alpha value is -3.14. The number of nitrogens with zero attached hydrogens (tertiary/aromatic N) is 2. The fraction of sp³-hybridized carbons (Fsp3) is 0.250. The van der Waals surface area contributed by atoms with Crippen molar-refractivity contribution in [3.63, 3.8) is 0 Å². The van der Waals surface area contributed by atoms with Crippen molar-refractivity contribution in [2.45, 2.75) is 32.1 Å². The first-order chi connectivity index (χ1) is 13.9. The van der Waals surface area contributed by atoms with E-state index in [-0.39, 0.29) is 0 Å². The van der Waals surface area contributed by atoms with Crippen LogP contribution in [-0.4, -0.2) is 22.2 Å². The van der Waals surface area contributed by atoms with Crippen molar-refractivity contribution in [2.24, 2.45) is 4.99 Å². The van der Waals surface area contributed by atoms with E-state index in [1.807, 2.05) is 6.07 Å². The number of hydrogen-bond acceptors (Lipinski definition) is 3. The van der Waals surface area contributed by atoms with Gasteiger partial charge in [-0.25, -0.2) is 9.98 Å². The normalized spacial score (nSPS) is 17.4. The van der Waals surface area contributed by atoms with Crippen LogP contribution in [0.4, 0.5) is 5.82 Å². The number of fused-ring (bicyclic) bond motifs is 1. The van der Waals surface area contributed by atoms with Crippen LogP contribution < -0.4 is 5.32 Å². The zero-order valence-corrected chi connectivity index (χ0v) is 16.1. The second-order valence-electron chi connectivity index (χ2n) is 7.05. The minimum absolute atomic E-state index is 0.765. The zero-order valence-electron chi connectivity index (χ0n) is 16.1. The summed E-state index contributed by atoms with van der Waals surface area (Å²) in [7, 11) is 0. The number of H-pyrrole nitrogens is 1. The second kappa shape index (κ2) is 9.18. The summed E-state index contributed by atoms with van der Waals surface area (Å²) in [6.45, 7) is 0.951. The van der Waals surface area contributed by atoms with E-state index in [1.54, 1.807) is 6.33 Å². The van der Waals surface area contributed by atoms with Crippen molar-refractivity contribution in [3.05, 3.63) is 89.9 Å². The number of nitrogens with one attached hydrogen (secondary N) is 2. The fourth-order valence-electron chi connectivity index (χ4n) is 3.53. The molecule has 0 saturated heterocycles. The molecule has 28 heavy (non-hydrogen) atoms. The van der Waals surface area contributed by atoms with E-state index in [0.29, 0.717) is 0 Å². The highest BCUT2D eigenvalue weighted by atomic mass is 15.0. The van der Waals surface area contributed by atoms with Crippen LogP contribution in [0, 0.1) is 0 Å². The van der Waals surface area contributed by atoms with E-state index in [2.05, 4.69) is 76.0 Å². The molecule has 4 rings (SSSR count). The Morgan fingerprint density at radius 2 is 1.71 bits per heavy atom. The van der Waals surface area contributed by atoms with E-state index < -0.39 is 0 Å². The summed E-state index contributed by atoms with van der Waals surface area (Å²) >= 11 is 0. The quantitative estimate of drug-likeness (QED) is 0.556. The Morgan fingerprint density at radius 3 is 2.54 bits per heavy atom. The van der Waals surface area contributed by atoms with Gasteiger partial charge in [-0.1, -0.05) is 66.7 Å². The number of hydrogen-bond donors (Lipinski definition) is 2. The van der Waals surface area contributed by atoms with Crippen LogP contribution >= 0.6 is 0 Å². The van der Waals surface area contributed by atoms with Crippen molar-refractivity contribution in [2.75, 3.05) is 6.54 Å². The number of aryl methyl sites for hydroxylation is 1. The van der Waals surface area contributed by atoms with E-state index in [4.69, 9.17) is 4.99 Å². The van der Waals surface area contributed by atoms with Gasteiger partial charge in [-0.2, -0.15) is 0 Å². The van der Waals surface area contributed by atoms with Gasteiger partial charge in [0.15, 0.2) is 5.82 Å². The molecule has 1 aliphatic heterocycles. The van der Waals surface area contributed by atoms with Gasteiger partial charge in [-0.3, -0.25) is 0 Å². The number of rotatable bonds is 7. The molecule has 0 fully saturated rings. The second-order valence-corrected chi connectivity index (χ2v) is 7.05. The number of unbranched alkanes of at least 4 members (excludes halogenated alkanes) is 1. The maximum Gasteiger partial charge on any atom is 0.179 e. The molecule has 0 amide bonds. The fourth-order valence-corrected chi connectivity index (χ4v) is 3.53. The Balaban J connectivity index is 1.38. The molecular formula is C24H26N4. The van der Waals surface area contributed by atoms with Gasteiger partial charge in [0.1, 0.15) is 5.69 Å². The monoisotopic (exact) mass is 370 g/mol. The average molecular weight is 371 g/mol. The molecule has 142 valence electrons. The molecule has 4 heteroatoms. The van der Waals surface area contributed by atoms with Gasteiger partial charge in [0.05, 0.1) is 17.7 Å². The van der Waals surface area contributed by atoms with Gasteiger partial charge in [0, 0.05) is 6.54 Å². The minimum atomic E-state index is 0.765. The molecule has 4 nitrogen and oxygen atoms in total. The maximum absolute atomic E-state index is 4.86. The van der Waals surface area contributed by atoms with Crippen molar-refractivity contribution in [3.8, 4) is 0 Å². The molecule has 1 aliphatic rings. The summed E-state index contributed by atoms with van der Waals surface area (Å²) in [5.41, 5.74) is 5.76. The topological polar surface area (TPSA) is 53.1 Å². The van der Waals surface area contributed by atoms with Crippen LogP contribution in [0.5, 0.6) is 0 Å². The number of allylic oxidation sites excluding steroid dienone is 1. The SMILES string of the molecule is C1=C(\NCCCCc2ccccc2)c2[nH]cnc2/N=C(/c2ccccc2)CC/1. The highest BCUT2D eigenvalue weighted by molar-refractivity contribution is 6.02. The lowest BCUT2D eigenvalue weighted by molar-refractivity contribution is 0.700. The van der Waals surface area contributed by atoms with Crippen LogP contribution in [0.2, 0.25) is 0 Å². The largest absolute Gasteiger partial charge is 0.384 e. The molecule has 2 N–H and O–H groups in total. The summed E-state index contributed by atoms with van der Waals surface area (Å²) in [4.78, 5) is 12.6. The number of aromatic nitrogens is 2. The van der Waals surface area contributed by atoms with Crippen molar-refractivity contribution >= 4 is 17.2 Å². The summed E-state index contributed by atoms with van der Waals surface area (Å²) in [6.07, 6.45) is 9.30. The Morgan fingerprint density at radius 1 is 0.929 bits per heavy atom. The lowest BCUT2D eigenvalue weighted by Crippen LogP contribution is -2.15. The van der Waals surface area contributed by atoms with Crippen LogP contribution in [0.25, 0.3) is 5.70 Å². The first-order valence-corrected chi connectivity index (χ1v) is 10.0. The molecule has 3 aromatic rings. The van der Waals surface area contributed by atoms with Gasteiger partial charge in [0.2, 0.25) is 0 Å². The van der Waals surface area contributed by atoms with E-state index in [9.17, 15) is 0 Å². The Kier molecular flexibility index (Phi) is 5.98. The minimum Gasteiger partial charge on any atom is -0.384 e. The lowest BCUT2D eigenvalue weighted by atomic mass is 10.0. The van der Waals surface area contributed by atoms with Crippen LogP contribution in [0.15, 0.2) is 78.1 Å². The Bertz CT molecular complexity index is 939. The van der Waals surface area contributed by atoms with Gasteiger partial charge >= 0.3 is 0 Å². The van der Waals surface area contributed by atoms with Gasteiger partial charge in [-0.05, 0) is 43.2 Å². The number of imidazole rings is 1. The molecule has 0 bridgehead atoms. The molecule has 1 aromatic heterocycles. The molecule has 0 unspecified atom stereocenters. The van der Waals surface area contributed by atoms with Crippen LogP contribution in [-0.2, 0) is 6.42 Å². The van der Waals surface area contributed by atoms with Crippen molar-refractivity contribution in [1.82, 2.24) is 15.3 Å². The van der Waals surface area contributed by atoms with E-state index in [0.717, 1.165) is 55.1 Å². The molecule has 0 radical (unpaired) electrons. The number of aliphatic imine (C=N–C) groups is 1. The smallest absolute Gasteiger partial charge is 0.179 e. The van der Waals surface area contributed by atoms with Gasteiger partial charge in [-0.15, -0.1) is 0 Å². The molecule has 0 aliphatic carbocycles. The Labute approximate surface area is 166 Å². The third kappa shape index (κ3) is 4.58. The summed E-state index contributed by atoms with van der Waals surface area (Å²) in [6, 6.07) is 21.1. The van der Waals surface area contributed by atoms with Gasteiger partial charge in [0.25, 0.3) is 0 Å². The van der Waals surface area contributed by atoms with Gasteiger partial charge < -0.3 is 10.3 Å². The average Bonchev–Trinajstić information content (AvgIpc) is 3.18. The first kappa shape index (κ1) is 18.2. The summed E-state index contributed by atoms with van der Waals surface area (Å²) < 4.78 is 0. The predicted molar refractivity (Wildman–Crippen MR) is 116 cm³/mol. The van der Waals surface area contributed by atoms with E-state index in [1.165, 1.54) is 17.5 Å². The predicted octanol–water partition coefficient (Wildman–Crippen LogP) is 5.28. The highest BCUT2D eigenvalue weighted by Crippen LogP contribution is 2.26. The molecule has 2 heterocycles. The third-order valence-electron chi connectivity index (χ3n) is 5.02. The van der Waals surface area contributed by atoms with Crippen LogP contribution in [0.3, 0.4) is 0 Å². The van der Waals surface area contributed by atoms with Crippen molar-refractivity contribution in [1.29, 1.82) is 0 Å². The molecular weight excluding hydrogens is 344 g/mol.